The molecule has 1 heterocycles. The predicted octanol–water partition coefficient (Wildman–Crippen LogP) is -8.27. The Morgan fingerprint density at radius 2 is 1.12 bits per heavy atom. The molecule has 11 atom stereocenters. The normalized spacial score (nSPS) is 23.1. The van der Waals surface area contributed by atoms with Crippen molar-refractivity contribution in [1.82, 2.24) is 58.5 Å². The Labute approximate surface area is 431 Å². The summed E-state index contributed by atoms with van der Waals surface area (Å²) in [7, 11) is 0. The third kappa shape index (κ3) is 23.8. The van der Waals surface area contributed by atoms with Crippen molar-refractivity contribution in [3.8, 4) is 0 Å². The van der Waals surface area contributed by atoms with Crippen LogP contribution in [0.5, 0.6) is 0 Å². The molecule has 29 nitrogen and oxygen atoms in total. The van der Waals surface area contributed by atoms with Gasteiger partial charge in [-0.2, -0.15) is 0 Å². The van der Waals surface area contributed by atoms with Crippen LogP contribution in [-0.4, -0.2) is 188 Å². The zero-order chi connectivity index (χ0) is 56.1. The summed E-state index contributed by atoms with van der Waals surface area (Å²) in [4.78, 5) is 148. The Hall–Kier alpha value is -6.11. The van der Waals surface area contributed by atoms with Crippen molar-refractivity contribution in [2.75, 3.05) is 45.8 Å². The molecule has 23 N–H and O–H groups in total. The van der Waals surface area contributed by atoms with Gasteiger partial charge in [0.2, 0.25) is 65.0 Å². The van der Waals surface area contributed by atoms with E-state index < -0.39 is 171 Å². The maximum atomic E-state index is 14.0. The fourth-order valence-corrected chi connectivity index (χ4v) is 7.35. The zero-order valence-corrected chi connectivity index (χ0v) is 43.2. The molecule has 422 valence electrons. The highest BCUT2D eigenvalue weighted by atomic mass is 16.3. The highest BCUT2D eigenvalue weighted by molar-refractivity contribution is 5.98. The average Bonchev–Trinajstić information content (AvgIpc) is 3.34. The van der Waals surface area contributed by atoms with Gasteiger partial charge in [-0.3, -0.25) is 52.7 Å². The number of nitrogens with two attached hydrogens (primary N) is 5. The maximum Gasteiger partial charge on any atom is 0.245 e. The Morgan fingerprint density at radius 1 is 0.595 bits per heavy atom. The minimum absolute atomic E-state index is 0.0106. The van der Waals surface area contributed by atoms with Gasteiger partial charge in [0.15, 0.2) is 0 Å². The van der Waals surface area contributed by atoms with Crippen LogP contribution in [0.25, 0.3) is 0 Å². The Balaban J connectivity index is 3.56. The lowest BCUT2D eigenvalue weighted by atomic mass is 10.0. The molecule has 0 aromatic carbocycles. The summed E-state index contributed by atoms with van der Waals surface area (Å²) in [6.07, 6.45) is 0.723. The van der Waals surface area contributed by atoms with E-state index in [-0.39, 0.29) is 44.7 Å². The maximum absolute atomic E-state index is 14.0. The molecule has 1 fully saturated rings. The second kappa shape index (κ2) is 35.2. The Morgan fingerprint density at radius 3 is 1.65 bits per heavy atom. The molecule has 74 heavy (non-hydrogen) atoms. The molecule has 1 aliphatic heterocycles. The van der Waals surface area contributed by atoms with Gasteiger partial charge in [-0.25, -0.2) is 0 Å². The van der Waals surface area contributed by atoms with Crippen molar-refractivity contribution in [2.45, 2.75) is 165 Å². The molecule has 1 saturated heterocycles. The summed E-state index contributed by atoms with van der Waals surface area (Å²) in [5.41, 5.74) is 29.0. The first-order chi connectivity index (χ1) is 35.0. The van der Waals surface area contributed by atoms with Crippen LogP contribution in [0.4, 0.5) is 0 Å². The molecule has 0 unspecified atom stereocenters. The summed E-state index contributed by atoms with van der Waals surface area (Å²) >= 11 is 0. The number of hydrogen-bond acceptors (Lipinski definition) is 18. The van der Waals surface area contributed by atoms with Crippen molar-refractivity contribution >= 4 is 65.0 Å². The first-order valence-corrected chi connectivity index (χ1v) is 25.1. The van der Waals surface area contributed by atoms with Crippen LogP contribution in [-0.2, 0) is 52.7 Å². The lowest BCUT2D eigenvalue weighted by molar-refractivity contribution is -0.136. The van der Waals surface area contributed by atoms with Crippen LogP contribution >= 0.6 is 0 Å². The topological polar surface area (TPSA) is 491 Å². The molecule has 29 heteroatoms. The zero-order valence-electron chi connectivity index (χ0n) is 43.2. The number of amides is 11. The Bertz CT molecular complexity index is 1880. The van der Waals surface area contributed by atoms with Gasteiger partial charge in [0.05, 0.1) is 18.8 Å². The molecule has 0 aromatic heterocycles. The van der Waals surface area contributed by atoms with Crippen LogP contribution in [0.1, 0.15) is 98.8 Å². The van der Waals surface area contributed by atoms with Gasteiger partial charge in [-0.05, 0) is 65.0 Å². The van der Waals surface area contributed by atoms with Gasteiger partial charge in [0.1, 0.15) is 54.4 Å². The highest BCUT2D eigenvalue weighted by Crippen LogP contribution is 2.08. The number of hydrogen-bond donors (Lipinski definition) is 18. The van der Waals surface area contributed by atoms with Crippen LogP contribution in [0, 0.1) is 5.92 Å². The fraction of sp³-hybridized carbons (Fsp3) is 0.756. The van der Waals surface area contributed by atoms with E-state index in [4.69, 9.17) is 28.7 Å². The molecule has 0 bridgehead atoms. The smallest absolute Gasteiger partial charge is 0.245 e. The quantitative estimate of drug-likeness (QED) is 0.0399. The number of aliphatic hydroxyl groups excluding tert-OH is 2. The summed E-state index contributed by atoms with van der Waals surface area (Å²) in [5, 5.41) is 47.7. The number of carbonyl (C=O) groups is 11. The van der Waals surface area contributed by atoms with Gasteiger partial charge in [-0.15, -0.1) is 0 Å². The van der Waals surface area contributed by atoms with Crippen molar-refractivity contribution in [2.24, 2.45) is 34.6 Å². The van der Waals surface area contributed by atoms with Crippen molar-refractivity contribution in [3.63, 3.8) is 0 Å². The SMILES string of the molecule is CCCCCCCC(=O)N[C@@H](CCN)C(=O)N[C@H](C(=O)N[C@@H](CCN)C(=O)N[C@H]1CCNC(=O)[C@H]([C@@H](C)O)NC(=O)[C@H](CN)NC(=O)[C@H](CN)NC(=O)[C@H](CC(C)C)NC(=O)CNC(=O)[C@H](CN)NC1=O)[C@@H](C)O. The van der Waals surface area contributed by atoms with Gasteiger partial charge >= 0.3 is 0 Å². The number of rotatable bonds is 24. The first-order valence-electron chi connectivity index (χ1n) is 25.1. The largest absolute Gasteiger partial charge is 0.391 e. The standard InChI is InChI=1S/C45H84N16O13/c1-6-7-8-9-10-11-33(64)53-26(12-15-46)40(69)61-36(25(5)63)45(74)56-27(13-16-47)38(67)55-28-14-17-51-44(73)35(24(4)62)60-43(72)32(21-50)59-42(71)31(20-49)58-41(70)29(18-23(2)3)54-34(65)22-52-37(66)30(19-48)57-39(28)68/h23-32,35-36,62-63H,6-22,46-50H2,1-5H3,(H,51,73)(H,52,66)(H,53,64)(H,54,65)(H,55,67)(H,56,74)(H,57,68)(H,58,70)(H,59,71)(H,60,72)(H,61,69)/t24-,25-,26+,27+,28+,29+,30+,31+,32+,35+,36+/m1/s1. The molecule has 0 saturated carbocycles. The monoisotopic (exact) mass is 1060 g/mol. The van der Waals surface area contributed by atoms with Gasteiger partial charge in [0, 0.05) is 32.6 Å². The molecule has 0 radical (unpaired) electrons. The Kier molecular flexibility index (Phi) is 31.3. The van der Waals surface area contributed by atoms with E-state index in [1.54, 1.807) is 13.8 Å². The van der Waals surface area contributed by atoms with E-state index in [1.807, 2.05) is 0 Å². The summed E-state index contributed by atoms with van der Waals surface area (Å²) in [6, 6.07) is -13.5. The molecule has 0 aromatic rings. The van der Waals surface area contributed by atoms with E-state index in [9.17, 15) is 63.0 Å². The van der Waals surface area contributed by atoms with E-state index in [0.29, 0.717) is 6.42 Å². The van der Waals surface area contributed by atoms with Crippen molar-refractivity contribution in [1.29, 1.82) is 0 Å². The number of nitrogens with one attached hydrogen (secondary N) is 11. The van der Waals surface area contributed by atoms with Gasteiger partial charge in [-0.1, -0.05) is 46.5 Å². The third-order valence-corrected chi connectivity index (χ3v) is 11.6. The van der Waals surface area contributed by atoms with Crippen LogP contribution < -0.4 is 87.2 Å². The number of unbranched alkanes of at least 4 members (excludes halogenated alkanes) is 4. The summed E-state index contributed by atoms with van der Waals surface area (Å²) in [6.45, 7) is 4.94. The molecule has 1 aliphatic rings. The third-order valence-electron chi connectivity index (χ3n) is 11.6. The lowest BCUT2D eigenvalue weighted by Gasteiger charge is -2.28. The van der Waals surface area contributed by atoms with Gasteiger partial charge < -0.3 is 97.4 Å². The van der Waals surface area contributed by atoms with Crippen LogP contribution in [0.2, 0.25) is 0 Å². The van der Waals surface area contributed by atoms with Crippen LogP contribution in [0.3, 0.4) is 0 Å². The molecule has 0 spiro atoms. The number of aliphatic hydroxyl groups is 2. The second-order valence-electron chi connectivity index (χ2n) is 18.5. The summed E-state index contributed by atoms with van der Waals surface area (Å²) in [5.74, 6) is -10.3. The average molecular weight is 1060 g/mol. The minimum Gasteiger partial charge on any atom is -0.391 e. The fourth-order valence-electron chi connectivity index (χ4n) is 7.35. The van der Waals surface area contributed by atoms with E-state index in [2.05, 4.69) is 65.4 Å². The van der Waals surface area contributed by atoms with E-state index in [1.165, 1.54) is 13.8 Å². The first kappa shape index (κ1) is 65.9. The molecular weight excluding hydrogens is 973 g/mol. The molecule has 0 aliphatic carbocycles. The lowest BCUT2D eigenvalue weighted by Crippen LogP contribution is -2.62. The molecule has 1 rings (SSSR count). The van der Waals surface area contributed by atoms with Crippen molar-refractivity contribution < 1.29 is 63.0 Å². The minimum atomic E-state index is -1.69. The predicted molar refractivity (Wildman–Crippen MR) is 269 cm³/mol. The van der Waals surface area contributed by atoms with Crippen LogP contribution in [0.15, 0.2) is 0 Å². The van der Waals surface area contributed by atoms with Crippen molar-refractivity contribution in [3.05, 3.63) is 0 Å². The summed E-state index contributed by atoms with van der Waals surface area (Å²) < 4.78 is 0. The molecule has 11 amide bonds. The van der Waals surface area contributed by atoms with Gasteiger partial charge in [0.25, 0.3) is 0 Å². The second-order valence-corrected chi connectivity index (χ2v) is 18.5. The van der Waals surface area contributed by atoms with E-state index >= 15 is 0 Å². The van der Waals surface area contributed by atoms with E-state index in [0.717, 1.165) is 25.7 Å². The molecular formula is C45H84N16O13. The highest BCUT2D eigenvalue weighted by Gasteiger charge is 2.36. The number of carbonyl (C=O) groups excluding carboxylic acids is 11.